The van der Waals surface area contributed by atoms with E-state index in [0.717, 1.165) is 16.8 Å². The number of methoxy groups -OCH3 is 1. The molecule has 0 saturated carbocycles. The molecule has 5 heteroatoms. The van der Waals surface area contributed by atoms with Crippen molar-refractivity contribution in [3.63, 3.8) is 0 Å². The fraction of sp³-hybridized carbons (Fsp3) is 0.467. The third-order valence-corrected chi connectivity index (χ3v) is 3.46. The zero-order chi connectivity index (χ0) is 15.3. The molecule has 20 heavy (non-hydrogen) atoms. The Hall–Kier alpha value is -1.55. The summed E-state index contributed by atoms with van der Waals surface area (Å²) < 4.78 is 4.80. The Balaban J connectivity index is 3.39. The Labute approximate surface area is 124 Å². The second-order valence-electron chi connectivity index (χ2n) is 4.58. The Morgan fingerprint density at radius 3 is 2.25 bits per heavy atom. The molecule has 4 nitrogen and oxygen atoms in total. The lowest BCUT2D eigenvalue weighted by Crippen LogP contribution is -2.47. The highest BCUT2D eigenvalue weighted by Gasteiger charge is 2.31. The highest BCUT2D eigenvalue weighted by molar-refractivity contribution is 6.30. The van der Waals surface area contributed by atoms with Gasteiger partial charge >= 0.3 is 5.97 Å². The number of anilines is 1. The molecule has 0 aromatic heterocycles. The zero-order valence-electron chi connectivity index (χ0n) is 12.3. The molecule has 0 spiro atoms. The lowest BCUT2D eigenvalue weighted by atomic mass is 10.0. The fourth-order valence-corrected chi connectivity index (χ4v) is 2.42. The minimum Gasteiger partial charge on any atom is -0.467 e. The number of para-hydroxylation sites is 1. The number of halogens is 1. The van der Waals surface area contributed by atoms with Crippen molar-refractivity contribution in [2.24, 2.45) is 0 Å². The Bertz CT molecular complexity index is 482. The monoisotopic (exact) mass is 297 g/mol. The maximum atomic E-state index is 12.2. The van der Waals surface area contributed by atoms with Crippen LogP contribution in [0, 0.1) is 13.8 Å². The molecular weight excluding hydrogens is 278 g/mol. The summed E-state index contributed by atoms with van der Waals surface area (Å²) in [6, 6.07) is 5.06. The van der Waals surface area contributed by atoms with Crippen LogP contribution in [-0.2, 0) is 14.3 Å². The number of nitrogens with zero attached hydrogens (tertiary/aromatic N) is 1. The van der Waals surface area contributed by atoms with Crippen molar-refractivity contribution in [2.75, 3.05) is 17.9 Å². The van der Waals surface area contributed by atoms with E-state index in [2.05, 4.69) is 0 Å². The number of esters is 1. The van der Waals surface area contributed by atoms with Crippen molar-refractivity contribution in [3.05, 3.63) is 29.3 Å². The van der Waals surface area contributed by atoms with Crippen LogP contribution in [0.2, 0.25) is 0 Å². The fourth-order valence-electron chi connectivity index (χ4n) is 2.30. The highest BCUT2D eigenvalue weighted by atomic mass is 35.5. The standard InChI is InChI=1S/C15H20ClNO3/c1-5-12(15(19)20-4)17(13(18)9-16)14-10(2)7-6-8-11(14)3/h6-8,12H,5,9H2,1-4H3. The van der Waals surface area contributed by atoms with Gasteiger partial charge in [-0.05, 0) is 31.4 Å². The predicted molar refractivity (Wildman–Crippen MR) is 80.2 cm³/mol. The molecule has 0 aliphatic rings. The van der Waals surface area contributed by atoms with Gasteiger partial charge in [-0.25, -0.2) is 4.79 Å². The van der Waals surface area contributed by atoms with Crippen molar-refractivity contribution in [3.8, 4) is 0 Å². The summed E-state index contributed by atoms with van der Waals surface area (Å²) in [6.45, 7) is 5.64. The molecule has 0 aliphatic carbocycles. The van der Waals surface area contributed by atoms with Crippen molar-refractivity contribution >= 4 is 29.2 Å². The molecular formula is C15H20ClNO3. The molecule has 0 bridgehead atoms. The number of hydrogen-bond acceptors (Lipinski definition) is 3. The van der Waals surface area contributed by atoms with E-state index in [1.54, 1.807) is 0 Å². The topological polar surface area (TPSA) is 46.6 Å². The van der Waals surface area contributed by atoms with Crippen LogP contribution in [0.15, 0.2) is 18.2 Å². The summed E-state index contributed by atoms with van der Waals surface area (Å²) in [7, 11) is 1.32. The van der Waals surface area contributed by atoms with Gasteiger partial charge in [0.2, 0.25) is 5.91 Å². The van der Waals surface area contributed by atoms with Gasteiger partial charge in [0, 0.05) is 0 Å². The van der Waals surface area contributed by atoms with Crippen LogP contribution in [0.5, 0.6) is 0 Å². The average molecular weight is 298 g/mol. The number of hydrogen-bond donors (Lipinski definition) is 0. The molecule has 1 unspecified atom stereocenters. The Morgan fingerprint density at radius 2 is 1.85 bits per heavy atom. The summed E-state index contributed by atoms with van der Waals surface area (Å²) >= 11 is 5.71. The van der Waals surface area contributed by atoms with Gasteiger partial charge in [0.15, 0.2) is 0 Å². The van der Waals surface area contributed by atoms with Gasteiger partial charge in [-0.2, -0.15) is 0 Å². The smallest absolute Gasteiger partial charge is 0.328 e. The van der Waals surface area contributed by atoms with E-state index in [9.17, 15) is 9.59 Å². The molecule has 110 valence electrons. The molecule has 0 heterocycles. The molecule has 0 aliphatic heterocycles. The van der Waals surface area contributed by atoms with Gasteiger partial charge in [0.1, 0.15) is 11.9 Å². The molecule has 0 N–H and O–H groups in total. The first-order chi connectivity index (χ1) is 9.47. The van der Waals surface area contributed by atoms with Gasteiger partial charge in [-0.1, -0.05) is 25.1 Å². The van der Waals surface area contributed by atoms with Crippen LogP contribution in [-0.4, -0.2) is 30.9 Å². The van der Waals surface area contributed by atoms with E-state index < -0.39 is 12.0 Å². The van der Waals surface area contributed by atoms with Crippen molar-refractivity contribution in [1.82, 2.24) is 0 Å². The van der Waals surface area contributed by atoms with Gasteiger partial charge in [0.05, 0.1) is 12.8 Å². The molecule has 0 saturated heterocycles. The third kappa shape index (κ3) is 3.31. The summed E-state index contributed by atoms with van der Waals surface area (Å²) in [6.07, 6.45) is 0.461. The maximum Gasteiger partial charge on any atom is 0.328 e. The average Bonchev–Trinajstić information content (AvgIpc) is 2.44. The first-order valence-electron chi connectivity index (χ1n) is 6.49. The molecule has 1 amide bonds. The SMILES string of the molecule is CCC(C(=O)OC)N(C(=O)CCl)c1c(C)cccc1C. The summed E-state index contributed by atoms with van der Waals surface area (Å²) in [5.74, 6) is -0.920. The van der Waals surface area contributed by atoms with Gasteiger partial charge in [-0.3, -0.25) is 9.69 Å². The maximum absolute atomic E-state index is 12.2. The van der Waals surface area contributed by atoms with E-state index >= 15 is 0 Å². The van der Waals surface area contributed by atoms with E-state index in [4.69, 9.17) is 16.3 Å². The van der Waals surface area contributed by atoms with Gasteiger partial charge < -0.3 is 4.74 Å². The first kappa shape index (κ1) is 16.5. The first-order valence-corrected chi connectivity index (χ1v) is 7.03. The van der Waals surface area contributed by atoms with Crippen LogP contribution in [0.1, 0.15) is 24.5 Å². The minimum atomic E-state index is -0.661. The van der Waals surface area contributed by atoms with Crippen molar-refractivity contribution < 1.29 is 14.3 Å². The van der Waals surface area contributed by atoms with Crippen LogP contribution >= 0.6 is 11.6 Å². The number of aryl methyl sites for hydroxylation is 2. The number of benzene rings is 1. The molecule has 1 rings (SSSR count). The lowest BCUT2D eigenvalue weighted by Gasteiger charge is -2.31. The molecule has 1 aromatic carbocycles. The van der Waals surface area contributed by atoms with Crippen LogP contribution in [0.4, 0.5) is 5.69 Å². The number of rotatable bonds is 5. The number of amides is 1. The van der Waals surface area contributed by atoms with E-state index in [1.807, 2.05) is 39.0 Å². The van der Waals surface area contributed by atoms with Crippen molar-refractivity contribution in [1.29, 1.82) is 0 Å². The second kappa shape index (κ2) is 7.29. The van der Waals surface area contributed by atoms with Gasteiger partial charge in [0.25, 0.3) is 0 Å². The van der Waals surface area contributed by atoms with E-state index in [-0.39, 0.29) is 11.8 Å². The zero-order valence-corrected chi connectivity index (χ0v) is 13.0. The second-order valence-corrected chi connectivity index (χ2v) is 4.85. The molecule has 1 aromatic rings. The molecule has 0 fully saturated rings. The Kier molecular flexibility index (Phi) is 6.02. The normalized spacial score (nSPS) is 11.8. The molecule has 1 atom stereocenters. The summed E-state index contributed by atoms with van der Waals surface area (Å²) in [5.41, 5.74) is 2.58. The van der Waals surface area contributed by atoms with E-state index in [0.29, 0.717) is 6.42 Å². The van der Waals surface area contributed by atoms with Crippen LogP contribution in [0.3, 0.4) is 0 Å². The van der Waals surface area contributed by atoms with Gasteiger partial charge in [-0.15, -0.1) is 11.6 Å². The number of alkyl halides is 1. The summed E-state index contributed by atoms with van der Waals surface area (Å²) in [5, 5.41) is 0. The summed E-state index contributed by atoms with van der Waals surface area (Å²) in [4.78, 5) is 25.6. The molecule has 0 radical (unpaired) electrons. The number of carbonyl (C=O) groups is 2. The van der Waals surface area contributed by atoms with E-state index in [1.165, 1.54) is 12.0 Å². The largest absolute Gasteiger partial charge is 0.467 e. The van der Waals surface area contributed by atoms with Crippen LogP contribution < -0.4 is 4.90 Å². The minimum absolute atomic E-state index is 0.179. The highest BCUT2D eigenvalue weighted by Crippen LogP contribution is 2.28. The predicted octanol–water partition coefficient (Wildman–Crippen LogP) is 2.83. The number of carbonyl (C=O) groups excluding carboxylic acids is 2. The third-order valence-electron chi connectivity index (χ3n) is 3.24. The quantitative estimate of drug-likeness (QED) is 0.620. The van der Waals surface area contributed by atoms with Crippen molar-refractivity contribution in [2.45, 2.75) is 33.2 Å². The van der Waals surface area contributed by atoms with Crippen LogP contribution in [0.25, 0.3) is 0 Å². The number of ether oxygens (including phenoxy) is 1. The Morgan fingerprint density at radius 1 is 1.30 bits per heavy atom. The lowest BCUT2D eigenvalue weighted by molar-refractivity contribution is -0.143.